The van der Waals surface area contributed by atoms with Crippen LogP contribution >= 0.6 is 0 Å². The highest BCUT2D eigenvalue weighted by Crippen LogP contribution is 2.13. The highest BCUT2D eigenvalue weighted by molar-refractivity contribution is 5.86. The Kier molecular flexibility index (Phi) is 9.11. The van der Waals surface area contributed by atoms with Crippen molar-refractivity contribution in [2.24, 2.45) is 0 Å². The van der Waals surface area contributed by atoms with Gasteiger partial charge in [0.15, 0.2) is 0 Å². The van der Waals surface area contributed by atoms with E-state index in [2.05, 4.69) is 13.2 Å². The Morgan fingerprint density at radius 1 is 1.19 bits per heavy atom. The summed E-state index contributed by atoms with van der Waals surface area (Å²) in [7, 11) is 0. The van der Waals surface area contributed by atoms with Crippen LogP contribution in [0.4, 0.5) is 0 Å². The predicted molar refractivity (Wildman–Crippen MR) is 94.4 cm³/mol. The van der Waals surface area contributed by atoms with E-state index in [1.807, 2.05) is 6.07 Å². The average molecular weight is 364 g/mol. The summed E-state index contributed by atoms with van der Waals surface area (Å²) in [5.74, 6) is -0.871. The van der Waals surface area contributed by atoms with Crippen LogP contribution in [-0.4, -0.2) is 53.7 Å². The Labute approximate surface area is 152 Å². The van der Waals surface area contributed by atoms with Crippen molar-refractivity contribution < 1.29 is 34.0 Å². The van der Waals surface area contributed by atoms with Crippen molar-refractivity contribution in [3.63, 3.8) is 0 Å². The molecule has 0 amide bonds. The van der Waals surface area contributed by atoms with Crippen LogP contribution in [0.1, 0.15) is 13.3 Å². The van der Waals surface area contributed by atoms with Crippen LogP contribution in [0.2, 0.25) is 0 Å². The Balaban J connectivity index is 2.60. The van der Waals surface area contributed by atoms with Gasteiger partial charge in [-0.3, -0.25) is 0 Å². The number of aliphatic hydroxyl groups is 2. The predicted octanol–water partition coefficient (Wildman–Crippen LogP) is 1.39. The van der Waals surface area contributed by atoms with Crippen molar-refractivity contribution >= 4 is 11.9 Å². The molecule has 3 atom stereocenters. The molecular weight excluding hydrogens is 340 g/mol. The third kappa shape index (κ3) is 7.96. The lowest BCUT2D eigenvalue weighted by molar-refractivity contribution is -0.157. The fraction of sp³-hybridized carbons (Fsp3) is 0.368. The highest BCUT2D eigenvalue weighted by atomic mass is 16.6. The second kappa shape index (κ2) is 11.1. The fourth-order valence-corrected chi connectivity index (χ4v) is 1.92. The van der Waals surface area contributed by atoms with Crippen molar-refractivity contribution in [2.45, 2.75) is 31.7 Å². The van der Waals surface area contributed by atoms with E-state index >= 15 is 0 Å². The van der Waals surface area contributed by atoms with Gasteiger partial charge in [0.25, 0.3) is 0 Å². The second-order valence-electron chi connectivity index (χ2n) is 5.64. The quantitative estimate of drug-likeness (QED) is 0.452. The third-order valence-electron chi connectivity index (χ3n) is 3.29. The molecule has 0 aromatic heterocycles. The minimum Gasteiger partial charge on any atom is -0.491 e. The molecule has 1 aromatic carbocycles. The Morgan fingerprint density at radius 2 is 1.85 bits per heavy atom. The number of rotatable bonds is 11. The molecule has 0 spiro atoms. The van der Waals surface area contributed by atoms with Crippen molar-refractivity contribution in [3.8, 4) is 5.75 Å². The summed E-state index contributed by atoms with van der Waals surface area (Å²) in [6.07, 6.45) is -2.63. The van der Waals surface area contributed by atoms with Gasteiger partial charge in [-0.05, 0) is 19.1 Å². The van der Waals surface area contributed by atoms with Crippen LogP contribution in [0.25, 0.3) is 0 Å². The largest absolute Gasteiger partial charge is 0.491 e. The van der Waals surface area contributed by atoms with Gasteiger partial charge in [0.05, 0.1) is 6.10 Å². The molecule has 142 valence electrons. The lowest BCUT2D eigenvalue weighted by atomic mass is 10.1. The first kappa shape index (κ1) is 21.4. The van der Waals surface area contributed by atoms with E-state index in [4.69, 9.17) is 14.2 Å². The standard InChI is InChI=1S/C19H24O7/c1-4-18(22)26-17(16(21)12-25-19(23)13(2)3)10-14(20)11-24-15-8-6-5-7-9-15/h4-9,14,16-17,20-21H,1-2,10-12H2,3H3. The molecule has 3 unspecified atom stereocenters. The van der Waals surface area contributed by atoms with Gasteiger partial charge in [0, 0.05) is 18.1 Å². The minimum atomic E-state index is -1.33. The fourth-order valence-electron chi connectivity index (χ4n) is 1.92. The Bertz CT molecular complexity index is 612. The van der Waals surface area contributed by atoms with Gasteiger partial charge in [0.2, 0.25) is 0 Å². The molecule has 0 bridgehead atoms. The zero-order valence-electron chi connectivity index (χ0n) is 14.7. The number of hydrogen-bond acceptors (Lipinski definition) is 7. The van der Waals surface area contributed by atoms with Crippen molar-refractivity contribution in [1.29, 1.82) is 0 Å². The smallest absolute Gasteiger partial charge is 0.333 e. The van der Waals surface area contributed by atoms with Gasteiger partial charge in [0.1, 0.15) is 31.2 Å². The molecule has 0 saturated heterocycles. The van der Waals surface area contributed by atoms with Crippen LogP contribution in [0.3, 0.4) is 0 Å². The first-order valence-corrected chi connectivity index (χ1v) is 8.03. The highest BCUT2D eigenvalue weighted by Gasteiger charge is 2.27. The Morgan fingerprint density at radius 3 is 2.42 bits per heavy atom. The summed E-state index contributed by atoms with van der Waals surface area (Å²) in [5.41, 5.74) is 0.174. The maximum Gasteiger partial charge on any atom is 0.333 e. The molecule has 0 heterocycles. The summed E-state index contributed by atoms with van der Waals surface area (Å²) < 4.78 is 15.3. The zero-order valence-corrected chi connectivity index (χ0v) is 14.7. The van der Waals surface area contributed by atoms with Crippen molar-refractivity contribution in [3.05, 3.63) is 55.1 Å². The molecule has 26 heavy (non-hydrogen) atoms. The number of hydrogen-bond donors (Lipinski definition) is 2. The number of aliphatic hydroxyl groups excluding tert-OH is 2. The van der Waals surface area contributed by atoms with E-state index in [9.17, 15) is 19.8 Å². The zero-order chi connectivity index (χ0) is 19.5. The van der Waals surface area contributed by atoms with Gasteiger partial charge >= 0.3 is 11.9 Å². The summed E-state index contributed by atoms with van der Waals surface area (Å²) >= 11 is 0. The normalized spacial score (nSPS) is 13.8. The molecule has 0 aliphatic carbocycles. The van der Waals surface area contributed by atoms with E-state index in [1.165, 1.54) is 6.92 Å². The van der Waals surface area contributed by atoms with Crippen molar-refractivity contribution in [2.75, 3.05) is 13.2 Å². The summed E-state index contributed by atoms with van der Waals surface area (Å²) in [6.45, 7) is 7.71. The molecule has 1 rings (SSSR count). The molecule has 0 aliphatic heterocycles. The van der Waals surface area contributed by atoms with Crippen LogP contribution in [0.5, 0.6) is 5.75 Å². The molecular formula is C19H24O7. The number of carbonyl (C=O) groups is 2. The molecule has 2 N–H and O–H groups in total. The molecule has 0 aliphatic rings. The van der Waals surface area contributed by atoms with E-state index in [-0.39, 0.29) is 18.6 Å². The van der Waals surface area contributed by atoms with E-state index in [1.54, 1.807) is 24.3 Å². The number of benzene rings is 1. The molecule has 0 saturated carbocycles. The maximum absolute atomic E-state index is 11.4. The topological polar surface area (TPSA) is 102 Å². The molecule has 7 heteroatoms. The monoisotopic (exact) mass is 364 g/mol. The van der Waals surface area contributed by atoms with Gasteiger partial charge in [-0.15, -0.1) is 0 Å². The van der Waals surface area contributed by atoms with Crippen LogP contribution < -0.4 is 4.74 Å². The molecule has 0 radical (unpaired) electrons. The average Bonchev–Trinajstić information content (AvgIpc) is 2.64. The van der Waals surface area contributed by atoms with Gasteiger partial charge in [-0.25, -0.2) is 9.59 Å². The number of para-hydroxylation sites is 1. The lowest BCUT2D eigenvalue weighted by Gasteiger charge is -2.24. The lowest BCUT2D eigenvalue weighted by Crippen LogP contribution is -2.39. The van der Waals surface area contributed by atoms with E-state index in [0.29, 0.717) is 5.75 Å². The third-order valence-corrected chi connectivity index (χ3v) is 3.29. The maximum atomic E-state index is 11.4. The van der Waals surface area contributed by atoms with Gasteiger partial charge in [-0.1, -0.05) is 31.4 Å². The summed E-state index contributed by atoms with van der Waals surface area (Å²) in [4.78, 5) is 22.9. The van der Waals surface area contributed by atoms with Crippen molar-refractivity contribution in [1.82, 2.24) is 0 Å². The van der Waals surface area contributed by atoms with Gasteiger partial charge in [-0.2, -0.15) is 0 Å². The Hall–Kier alpha value is -2.64. The first-order chi connectivity index (χ1) is 12.3. The SMILES string of the molecule is C=CC(=O)OC(CC(O)COc1ccccc1)C(O)COC(=O)C(=C)C. The van der Waals surface area contributed by atoms with Crippen LogP contribution in [0, 0.1) is 0 Å². The second-order valence-corrected chi connectivity index (χ2v) is 5.64. The van der Waals surface area contributed by atoms with E-state index in [0.717, 1.165) is 6.08 Å². The number of esters is 2. The number of ether oxygens (including phenoxy) is 3. The molecule has 0 fully saturated rings. The van der Waals surface area contributed by atoms with E-state index < -0.39 is 36.9 Å². The first-order valence-electron chi connectivity index (χ1n) is 8.03. The minimum absolute atomic E-state index is 0.0651. The molecule has 7 nitrogen and oxygen atoms in total. The number of carbonyl (C=O) groups excluding carboxylic acids is 2. The molecule has 1 aromatic rings. The van der Waals surface area contributed by atoms with Gasteiger partial charge < -0.3 is 24.4 Å². The summed E-state index contributed by atoms with van der Waals surface area (Å²) in [5, 5.41) is 20.3. The van der Waals surface area contributed by atoms with Crippen LogP contribution in [0.15, 0.2) is 55.1 Å². The van der Waals surface area contributed by atoms with Crippen LogP contribution in [-0.2, 0) is 19.1 Å². The summed E-state index contributed by atoms with van der Waals surface area (Å²) in [6, 6.07) is 8.87.